The number of hydrogen-bond acceptors (Lipinski definition) is 6. The summed E-state index contributed by atoms with van der Waals surface area (Å²) in [5.41, 5.74) is 2.46. The molecule has 3 heterocycles. The third-order valence-electron chi connectivity index (χ3n) is 3.84. The zero-order chi connectivity index (χ0) is 18.1. The number of halogens is 1. The van der Waals surface area contributed by atoms with Gasteiger partial charge in [0, 0.05) is 30.0 Å². The van der Waals surface area contributed by atoms with E-state index in [-0.39, 0.29) is 18.5 Å². The highest BCUT2D eigenvalue weighted by molar-refractivity contribution is 6.31. The largest absolute Gasteiger partial charge is 0.493 e. The maximum Gasteiger partial charge on any atom is 0.320 e. The molecule has 0 bridgehead atoms. The van der Waals surface area contributed by atoms with Crippen molar-refractivity contribution in [2.45, 2.75) is 6.61 Å². The van der Waals surface area contributed by atoms with Crippen molar-refractivity contribution in [2.75, 3.05) is 0 Å². The Kier molecular flexibility index (Phi) is 4.14. The lowest BCUT2D eigenvalue weighted by atomic mass is 10.2. The molecule has 0 amide bonds. The Balaban J connectivity index is 1.74. The second-order valence-electron chi connectivity index (χ2n) is 5.69. The highest BCUT2D eigenvalue weighted by atomic mass is 35.5. The van der Waals surface area contributed by atoms with Crippen molar-refractivity contribution < 1.29 is 9.84 Å². The molecule has 0 aliphatic heterocycles. The molecule has 3 aromatic heterocycles. The van der Waals surface area contributed by atoms with Crippen LogP contribution >= 0.6 is 11.6 Å². The van der Waals surface area contributed by atoms with Gasteiger partial charge in [-0.2, -0.15) is 9.97 Å². The Morgan fingerprint density at radius 2 is 2.00 bits per heavy atom. The SMILES string of the molecule is Cn1cnc(-c2nccc3c(O)nc(OCc4ccccc4Cl)nc23)c1. The first-order chi connectivity index (χ1) is 12.6. The number of nitrogens with zero attached hydrogens (tertiary/aromatic N) is 5. The lowest BCUT2D eigenvalue weighted by Gasteiger charge is -2.09. The van der Waals surface area contributed by atoms with Gasteiger partial charge >= 0.3 is 6.01 Å². The number of aromatic hydroxyl groups is 1. The van der Waals surface area contributed by atoms with Gasteiger partial charge in [-0.25, -0.2) is 4.98 Å². The number of benzene rings is 1. The molecule has 1 N–H and O–H groups in total. The van der Waals surface area contributed by atoms with Gasteiger partial charge in [0.15, 0.2) is 0 Å². The average Bonchev–Trinajstić information content (AvgIpc) is 3.07. The highest BCUT2D eigenvalue weighted by Gasteiger charge is 2.15. The number of ether oxygens (including phenoxy) is 1. The van der Waals surface area contributed by atoms with E-state index in [1.807, 2.05) is 36.0 Å². The Labute approximate surface area is 153 Å². The molecule has 0 unspecified atom stereocenters. The molecule has 0 fully saturated rings. The van der Waals surface area contributed by atoms with Crippen molar-refractivity contribution in [3.63, 3.8) is 0 Å². The smallest absolute Gasteiger partial charge is 0.320 e. The van der Waals surface area contributed by atoms with Crippen molar-refractivity contribution >= 4 is 22.5 Å². The van der Waals surface area contributed by atoms with E-state index in [1.54, 1.807) is 24.7 Å². The molecule has 7 nitrogen and oxygen atoms in total. The van der Waals surface area contributed by atoms with Crippen LogP contribution in [0.3, 0.4) is 0 Å². The zero-order valence-corrected chi connectivity index (χ0v) is 14.6. The molecule has 4 rings (SSSR count). The van der Waals surface area contributed by atoms with Gasteiger partial charge < -0.3 is 14.4 Å². The molecule has 0 aliphatic rings. The predicted molar refractivity (Wildman–Crippen MR) is 97.0 cm³/mol. The minimum absolute atomic E-state index is 0.0418. The Bertz CT molecular complexity index is 1100. The summed E-state index contributed by atoms with van der Waals surface area (Å²) in [7, 11) is 1.87. The van der Waals surface area contributed by atoms with E-state index in [9.17, 15) is 5.11 Å². The van der Waals surface area contributed by atoms with Gasteiger partial charge in [-0.3, -0.25) is 4.98 Å². The number of pyridine rings is 1. The molecule has 4 aromatic rings. The summed E-state index contributed by atoms with van der Waals surface area (Å²) in [6.07, 6.45) is 5.08. The quantitative estimate of drug-likeness (QED) is 0.595. The van der Waals surface area contributed by atoms with Gasteiger partial charge in [-0.1, -0.05) is 29.8 Å². The Morgan fingerprint density at radius 1 is 1.15 bits per heavy atom. The summed E-state index contributed by atoms with van der Waals surface area (Å²) in [5, 5.41) is 11.3. The van der Waals surface area contributed by atoms with Crippen molar-refractivity contribution in [3.8, 4) is 23.3 Å². The first-order valence-electron chi connectivity index (χ1n) is 7.82. The molecule has 0 spiro atoms. The molecule has 0 saturated carbocycles. The van der Waals surface area contributed by atoms with E-state index in [4.69, 9.17) is 16.3 Å². The van der Waals surface area contributed by atoms with Gasteiger partial charge in [0.1, 0.15) is 23.5 Å². The first-order valence-corrected chi connectivity index (χ1v) is 8.20. The average molecular weight is 368 g/mol. The summed E-state index contributed by atoms with van der Waals surface area (Å²) in [6.45, 7) is 0.184. The molecular weight excluding hydrogens is 354 g/mol. The van der Waals surface area contributed by atoms with E-state index in [2.05, 4.69) is 19.9 Å². The number of rotatable bonds is 4. The lowest BCUT2D eigenvalue weighted by molar-refractivity contribution is 0.277. The summed E-state index contributed by atoms with van der Waals surface area (Å²) in [4.78, 5) is 17.1. The second-order valence-corrected chi connectivity index (χ2v) is 6.10. The minimum atomic E-state index is -0.177. The van der Waals surface area contributed by atoms with E-state index < -0.39 is 0 Å². The van der Waals surface area contributed by atoms with Crippen LogP contribution in [0, 0.1) is 0 Å². The molecule has 0 atom stereocenters. The molecule has 0 aliphatic carbocycles. The summed E-state index contributed by atoms with van der Waals surface area (Å²) >= 11 is 6.13. The van der Waals surface area contributed by atoms with Crippen LogP contribution in [0.25, 0.3) is 22.3 Å². The Morgan fingerprint density at radius 3 is 2.77 bits per heavy atom. The fourth-order valence-electron chi connectivity index (χ4n) is 2.56. The maximum atomic E-state index is 10.3. The number of imidazole rings is 1. The fraction of sp³-hybridized carbons (Fsp3) is 0.111. The number of aromatic nitrogens is 5. The first kappa shape index (κ1) is 16.3. The van der Waals surface area contributed by atoms with Crippen LogP contribution in [0.15, 0.2) is 49.1 Å². The van der Waals surface area contributed by atoms with Crippen LogP contribution in [0.5, 0.6) is 11.9 Å². The molecule has 1 aromatic carbocycles. The number of hydrogen-bond donors (Lipinski definition) is 1. The summed E-state index contributed by atoms with van der Waals surface area (Å²) in [5.74, 6) is -0.177. The van der Waals surface area contributed by atoms with Gasteiger partial charge in [-0.05, 0) is 12.1 Å². The minimum Gasteiger partial charge on any atom is -0.493 e. The van der Waals surface area contributed by atoms with E-state index in [0.717, 1.165) is 5.56 Å². The number of aryl methyl sites for hydroxylation is 1. The third-order valence-corrected chi connectivity index (χ3v) is 4.20. The Hall–Kier alpha value is -3.19. The summed E-state index contributed by atoms with van der Waals surface area (Å²) in [6, 6.07) is 9.03. The van der Waals surface area contributed by atoms with Crippen LogP contribution in [0.1, 0.15) is 5.56 Å². The standard InChI is InChI=1S/C18H14ClN5O2/c1-24-8-14(21-10-24)16-15-12(6-7-20-16)17(25)23-18(22-15)26-9-11-4-2-3-5-13(11)19/h2-8,10H,9H2,1H3,(H,22,23,25). The van der Waals surface area contributed by atoms with Crippen molar-refractivity contribution in [1.29, 1.82) is 0 Å². The van der Waals surface area contributed by atoms with E-state index in [1.165, 1.54) is 0 Å². The van der Waals surface area contributed by atoms with Crippen molar-refractivity contribution in [2.24, 2.45) is 7.05 Å². The molecule has 8 heteroatoms. The highest BCUT2D eigenvalue weighted by Crippen LogP contribution is 2.30. The van der Waals surface area contributed by atoms with Gasteiger partial charge in [0.05, 0.1) is 11.7 Å². The van der Waals surface area contributed by atoms with E-state index >= 15 is 0 Å². The van der Waals surface area contributed by atoms with Crippen molar-refractivity contribution in [1.82, 2.24) is 24.5 Å². The monoisotopic (exact) mass is 367 g/mol. The second kappa shape index (κ2) is 6.61. The van der Waals surface area contributed by atoms with Crippen LogP contribution in [-0.2, 0) is 13.7 Å². The topological polar surface area (TPSA) is 86.0 Å². The molecule has 130 valence electrons. The predicted octanol–water partition coefficient (Wildman–Crippen LogP) is 3.36. The number of fused-ring (bicyclic) bond motifs is 1. The maximum absolute atomic E-state index is 10.3. The molecule has 0 saturated heterocycles. The van der Waals surface area contributed by atoms with Crippen LogP contribution < -0.4 is 4.74 Å². The lowest BCUT2D eigenvalue weighted by Crippen LogP contribution is -2.01. The van der Waals surface area contributed by atoms with Crippen LogP contribution in [-0.4, -0.2) is 29.6 Å². The van der Waals surface area contributed by atoms with Gasteiger partial charge in [0.2, 0.25) is 5.88 Å². The van der Waals surface area contributed by atoms with E-state index in [0.29, 0.717) is 27.3 Å². The van der Waals surface area contributed by atoms with Gasteiger partial charge in [-0.15, -0.1) is 0 Å². The molecule has 0 radical (unpaired) electrons. The van der Waals surface area contributed by atoms with Crippen LogP contribution in [0.4, 0.5) is 0 Å². The zero-order valence-electron chi connectivity index (χ0n) is 13.8. The molecule has 26 heavy (non-hydrogen) atoms. The van der Waals surface area contributed by atoms with Gasteiger partial charge in [0.25, 0.3) is 0 Å². The third kappa shape index (κ3) is 3.04. The summed E-state index contributed by atoms with van der Waals surface area (Å²) < 4.78 is 7.45. The molecular formula is C18H14ClN5O2. The van der Waals surface area contributed by atoms with Crippen molar-refractivity contribution in [3.05, 3.63) is 59.6 Å². The normalized spacial score (nSPS) is 11.0. The fourth-order valence-corrected chi connectivity index (χ4v) is 2.75. The van der Waals surface area contributed by atoms with Crippen LogP contribution in [0.2, 0.25) is 5.02 Å².